The first-order chi connectivity index (χ1) is 14.8. The van der Waals surface area contributed by atoms with Crippen LogP contribution in [-0.4, -0.2) is 29.6 Å². The molecular weight excluding hydrogens is 416 g/mol. The largest absolute Gasteiger partial charge is 0.332 e. The third-order valence-electron chi connectivity index (χ3n) is 5.20. The molecule has 0 saturated carbocycles. The average Bonchev–Trinajstić information content (AvgIpc) is 3.39. The number of amides is 1. The molecule has 0 spiro atoms. The zero-order valence-corrected chi connectivity index (χ0v) is 18.5. The number of carbonyl (C=O) groups is 1. The van der Waals surface area contributed by atoms with Crippen LogP contribution in [0, 0.1) is 0 Å². The van der Waals surface area contributed by atoms with Crippen LogP contribution in [0.4, 0.5) is 10.8 Å². The van der Waals surface area contributed by atoms with Gasteiger partial charge in [-0.2, -0.15) is 0 Å². The monoisotopic (exact) mass is 438 g/mol. The minimum Gasteiger partial charge on any atom is -0.319 e. The molecule has 160 valence electrons. The van der Waals surface area contributed by atoms with E-state index in [0.717, 1.165) is 16.7 Å². The number of rotatable bonds is 5. The maximum atomic E-state index is 12.6. The molecule has 0 bridgehead atoms. The maximum Gasteiger partial charge on any atom is 0.332 e. The Bertz CT molecular complexity index is 1390. The summed E-state index contributed by atoms with van der Waals surface area (Å²) in [7, 11) is 3.02. The van der Waals surface area contributed by atoms with Gasteiger partial charge in [0.05, 0.1) is 24.3 Å². The second kappa shape index (κ2) is 7.95. The Hall–Kier alpha value is -3.53. The molecular formula is C21H22N6O3S. The maximum absolute atomic E-state index is 12.6. The molecule has 0 fully saturated rings. The Kier molecular flexibility index (Phi) is 5.32. The van der Waals surface area contributed by atoms with Crippen LogP contribution in [0.1, 0.15) is 25.1 Å². The molecule has 0 atom stereocenters. The number of aromatic nitrogens is 5. The van der Waals surface area contributed by atoms with Crippen molar-refractivity contribution in [1.82, 2.24) is 23.7 Å². The average molecular weight is 439 g/mol. The second-order valence-corrected chi connectivity index (χ2v) is 8.08. The lowest BCUT2D eigenvalue weighted by Gasteiger charge is -2.18. The molecule has 0 N–H and O–H groups in total. The molecule has 0 aliphatic carbocycles. The molecule has 1 aromatic carbocycles. The summed E-state index contributed by atoms with van der Waals surface area (Å²) >= 11 is 1.35. The van der Waals surface area contributed by atoms with Gasteiger partial charge in [0.15, 0.2) is 16.3 Å². The van der Waals surface area contributed by atoms with E-state index in [-0.39, 0.29) is 5.91 Å². The SMILES string of the molecule is CCc1ccc(N(C(C)=O)c2nc(Cn3cnc4c3c(=O)n(C)c(=O)n4C)cs2)cc1. The van der Waals surface area contributed by atoms with Gasteiger partial charge in [-0.15, -0.1) is 11.3 Å². The van der Waals surface area contributed by atoms with E-state index in [1.54, 1.807) is 16.5 Å². The molecule has 4 rings (SSSR count). The number of fused-ring (bicyclic) bond motifs is 1. The Morgan fingerprint density at radius 3 is 2.48 bits per heavy atom. The van der Waals surface area contributed by atoms with Gasteiger partial charge in [0.2, 0.25) is 5.91 Å². The number of thiazole rings is 1. The minimum atomic E-state index is -0.426. The van der Waals surface area contributed by atoms with Crippen LogP contribution in [0.5, 0.6) is 0 Å². The fourth-order valence-electron chi connectivity index (χ4n) is 3.47. The summed E-state index contributed by atoms with van der Waals surface area (Å²) in [6.07, 6.45) is 2.45. The quantitative estimate of drug-likeness (QED) is 0.476. The predicted octanol–water partition coefficient (Wildman–Crippen LogP) is 2.19. The molecule has 0 radical (unpaired) electrons. The zero-order chi connectivity index (χ0) is 22.3. The van der Waals surface area contributed by atoms with Crippen molar-refractivity contribution < 1.29 is 4.79 Å². The van der Waals surface area contributed by atoms with Gasteiger partial charge >= 0.3 is 5.69 Å². The van der Waals surface area contributed by atoms with Crippen molar-refractivity contribution in [3.63, 3.8) is 0 Å². The molecule has 1 amide bonds. The van der Waals surface area contributed by atoms with E-state index in [1.807, 2.05) is 29.6 Å². The molecule has 0 aliphatic heterocycles. The summed E-state index contributed by atoms with van der Waals surface area (Å²) in [6, 6.07) is 7.82. The Morgan fingerprint density at radius 1 is 1.13 bits per heavy atom. The van der Waals surface area contributed by atoms with E-state index in [0.29, 0.717) is 28.5 Å². The molecule has 3 heterocycles. The Balaban J connectivity index is 1.70. The summed E-state index contributed by atoms with van der Waals surface area (Å²) in [6.45, 7) is 3.87. The highest BCUT2D eigenvalue weighted by molar-refractivity contribution is 7.14. The van der Waals surface area contributed by atoms with Crippen molar-refractivity contribution in [2.45, 2.75) is 26.8 Å². The highest BCUT2D eigenvalue weighted by Crippen LogP contribution is 2.29. The standard InChI is InChI=1S/C21H22N6O3S/c1-5-14-6-8-16(9-7-14)27(13(2)28)20-23-15(11-31-20)10-26-12-22-18-17(26)19(29)25(4)21(30)24(18)3/h6-9,11-12H,5,10H2,1-4H3. The summed E-state index contributed by atoms with van der Waals surface area (Å²) < 4.78 is 4.08. The summed E-state index contributed by atoms with van der Waals surface area (Å²) in [4.78, 5) is 47.5. The van der Waals surface area contributed by atoms with Crippen molar-refractivity contribution in [3.05, 3.63) is 68.1 Å². The van der Waals surface area contributed by atoms with E-state index in [4.69, 9.17) is 0 Å². The lowest BCUT2D eigenvalue weighted by molar-refractivity contribution is -0.115. The zero-order valence-electron chi connectivity index (χ0n) is 17.7. The number of carbonyl (C=O) groups excluding carboxylic acids is 1. The highest BCUT2D eigenvalue weighted by Gasteiger charge is 2.19. The van der Waals surface area contributed by atoms with Crippen molar-refractivity contribution in [3.8, 4) is 0 Å². The van der Waals surface area contributed by atoms with Crippen molar-refractivity contribution in [2.75, 3.05) is 4.90 Å². The van der Waals surface area contributed by atoms with Crippen LogP contribution in [0.3, 0.4) is 0 Å². The molecule has 4 aromatic rings. The van der Waals surface area contributed by atoms with E-state index in [1.165, 1.54) is 41.8 Å². The van der Waals surface area contributed by atoms with Gasteiger partial charge in [-0.25, -0.2) is 14.8 Å². The number of nitrogens with zero attached hydrogens (tertiary/aromatic N) is 6. The topological polar surface area (TPSA) is 95.0 Å². The van der Waals surface area contributed by atoms with Crippen LogP contribution in [0.15, 0.2) is 45.6 Å². The van der Waals surface area contributed by atoms with Gasteiger partial charge < -0.3 is 4.57 Å². The Labute approximate surface area is 181 Å². The summed E-state index contributed by atoms with van der Waals surface area (Å²) in [5.74, 6) is -0.137. The van der Waals surface area contributed by atoms with Crippen molar-refractivity contribution >= 4 is 39.2 Å². The number of imidazole rings is 1. The van der Waals surface area contributed by atoms with Crippen molar-refractivity contribution in [2.24, 2.45) is 14.1 Å². The van der Waals surface area contributed by atoms with E-state index in [2.05, 4.69) is 16.9 Å². The number of aryl methyl sites for hydroxylation is 2. The van der Waals surface area contributed by atoms with E-state index < -0.39 is 11.2 Å². The number of hydrogen-bond donors (Lipinski definition) is 0. The first-order valence-electron chi connectivity index (χ1n) is 9.76. The fraction of sp³-hybridized carbons (Fsp3) is 0.286. The molecule has 31 heavy (non-hydrogen) atoms. The lowest BCUT2D eigenvalue weighted by Crippen LogP contribution is -2.37. The van der Waals surface area contributed by atoms with Gasteiger partial charge in [0.25, 0.3) is 5.56 Å². The molecule has 0 saturated heterocycles. The van der Waals surface area contributed by atoms with Gasteiger partial charge in [0.1, 0.15) is 0 Å². The molecule has 0 aliphatic rings. The predicted molar refractivity (Wildman–Crippen MR) is 120 cm³/mol. The van der Waals surface area contributed by atoms with Crippen LogP contribution in [0.25, 0.3) is 11.2 Å². The molecule has 10 heteroatoms. The van der Waals surface area contributed by atoms with Crippen molar-refractivity contribution in [1.29, 1.82) is 0 Å². The van der Waals surface area contributed by atoms with Gasteiger partial charge in [-0.05, 0) is 24.1 Å². The van der Waals surface area contributed by atoms with Crippen LogP contribution in [0.2, 0.25) is 0 Å². The fourth-order valence-corrected chi connectivity index (χ4v) is 4.35. The molecule has 3 aromatic heterocycles. The number of anilines is 2. The van der Waals surface area contributed by atoms with Gasteiger partial charge in [0, 0.05) is 26.4 Å². The third-order valence-corrected chi connectivity index (χ3v) is 6.07. The highest BCUT2D eigenvalue weighted by atomic mass is 32.1. The van der Waals surface area contributed by atoms with Crippen LogP contribution in [-0.2, 0) is 31.9 Å². The Morgan fingerprint density at radius 2 is 1.84 bits per heavy atom. The second-order valence-electron chi connectivity index (χ2n) is 7.25. The summed E-state index contributed by atoms with van der Waals surface area (Å²) in [5, 5.41) is 2.40. The lowest BCUT2D eigenvalue weighted by atomic mass is 10.1. The first-order valence-corrected chi connectivity index (χ1v) is 10.6. The number of hydrogen-bond acceptors (Lipinski definition) is 6. The number of benzene rings is 1. The normalized spacial score (nSPS) is 11.2. The smallest absolute Gasteiger partial charge is 0.319 e. The van der Waals surface area contributed by atoms with E-state index in [9.17, 15) is 14.4 Å². The van der Waals surface area contributed by atoms with Gasteiger partial charge in [-0.3, -0.25) is 23.6 Å². The van der Waals surface area contributed by atoms with Crippen LogP contribution < -0.4 is 16.1 Å². The first kappa shape index (κ1) is 20.7. The minimum absolute atomic E-state index is 0.137. The molecule has 9 nitrogen and oxygen atoms in total. The summed E-state index contributed by atoms with van der Waals surface area (Å²) in [5.41, 5.74) is 2.45. The van der Waals surface area contributed by atoms with Gasteiger partial charge in [-0.1, -0.05) is 19.1 Å². The van der Waals surface area contributed by atoms with E-state index >= 15 is 0 Å². The van der Waals surface area contributed by atoms with Crippen LogP contribution >= 0.6 is 11.3 Å². The third kappa shape index (κ3) is 3.59. The molecule has 0 unspecified atom stereocenters.